The van der Waals surface area contributed by atoms with Gasteiger partial charge in [0.2, 0.25) is 0 Å². The fraction of sp³-hybridized carbons (Fsp3) is 0.647. The number of hydrogen-bond donors (Lipinski definition) is 2. The van der Waals surface area contributed by atoms with E-state index in [1.807, 2.05) is 0 Å². The molecule has 2 unspecified atom stereocenters. The van der Waals surface area contributed by atoms with Crippen molar-refractivity contribution in [3.05, 3.63) is 36.8 Å². The van der Waals surface area contributed by atoms with E-state index in [0.717, 1.165) is 31.8 Å². The lowest BCUT2D eigenvalue weighted by Crippen LogP contribution is -2.32. The fourth-order valence-electron chi connectivity index (χ4n) is 2.54. The molecule has 1 aliphatic carbocycles. The number of rotatable bonds is 11. The van der Waals surface area contributed by atoms with E-state index in [1.165, 1.54) is 12.8 Å². The SMILES string of the molecule is C=CNC1C=CC(OCCCCCNI)=CC1CC(C)C. The van der Waals surface area contributed by atoms with Crippen LogP contribution in [0.15, 0.2) is 36.8 Å². The van der Waals surface area contributed by atoms with E-state index in [1.54, 1.807) is 6.20 Å². The highest BCUT2D eigenvalue weighted by atomic mass is 127. The van der Waals surface area contributed by atoms with Crippen LogP contribution in [0, 0.1) is 11.8 Å². The van der Waals surface area contributed by atoms with E-state index >= 15 is 0 Å². The van der Waals surface area contributed by atoms with E-state index in [4.69, 9.17) is 4.74 Å². The Morgan fingerprint density at radius 3 is 2.86 bits per heavy atom. The van der Waals surface area contributed by atoms with Gasteiger partial charge >= 0.3 is 0 Å². The molecule has 0 spiro atoms. The van der Waals surface area contributed by atoms with Crippen molar-refractivity contribution in [2.24, 2.45) is 11.8 Å². The molecule has 4 heteroatoms. The molecule has 21 heavy (non-hydrogen) atoms. The summed E-state index contributed by atoms with van der Waals surface area (Å²) in [6.07, 6.45) is 13.0. The number of unbranched alkanes of at least 4 members (excludes halogenated alkanes) is 2. The summed E-state index contributed by atoms with van der Waals surface area (Å²) >= 11 is 2.19. The van der Waals surface area contributed by atoms with Crippen LogP contribution in [0.1, 0.15) is 39.5 Å². The minimum atomic E-state index is 0.340. The Labute approximate surface area is 143 Å². The molecule has 0 aliphatic heterocycles. The highest BCUT2D eigenvalue weighted by Crippen LogP contribution is 2.24. The fourth-order valence-corrected chi connectivity index (χ4v) is 2.92. The van der Waals surface area contributed by atoms with Crippen LogP contribution in [0.3, 0.4) is 0 Å². The Hall–Kier alpha value is -0.490. The van der Waals surface area contributed by atoms with Gasteiger partial charge < -0.3 is 10.1 Å². The first kappa shape index (κ1) is 18.6. The largest absolute Gasteiger partial charge is 0.494 e. The highest BCUT2D eigenvalue weighted by Gasteiger charge is 2.21. The third-order valence-electron chi connectivity index (χ3n) is 3.55. The van der Waals surface area contributed by atoms with Crippen molar-refractivity contribution >= 4 is 22.9 Å². The van der Waals surface area contributed by atoms with Crippen LogP contribution in [0.25, 0.3) is 0 Å². The van der Waals surface area contributed by atoms with Gasteiger partial charge in [-0.3, -0.25) is 3.53 Å². The van der Waals surface area contributed by atoms with Gasteiger partial charge in [0.25, 0.3) is 0 Å². The molecule has 0 bridgehead atoms. The molecule has 2 atom stereocenters. The van der Waals surface area contributed by atoms with Crippen LogP contribution >= 0.6 is 22.9 Å². The summed E-state index contributed by atoms with van der Waals surface area (Å²) in [5.41, 5.74) is 0. The normalized spacial score (nSPS) is 21.2. The number of allylic oxidation sites excluding steroid dienone is 1. The summed E-state index contributed by atoms with van der Waals surface area (Å²) in [6.45, 7) is 10.2. The predicted octanol–water partition coefficient (Wildman–Crippen LogP) is 4.33. The second kappa shape index (κ2) is 11.1. The molecule has 0 aromatic rings. The molecule has 120 valence electrons. The number of halogens is 1. The van der Waals surface area contributed by atoms with Gasteiger partial charge in [0.1, 0.15) is 5.76 Å². The van der Waals surface area contributed by atoms with E-state index in [9.17, 15) is 0 Å². The second-order valence-electron chi connectivity index (χ2n) is 5.91. The molecule has 1 aliphatic rings. The van der Waals surface area contributed by atoms with Gasteiger partial charge in [-0.25, -0.2) is 0 Å². The van der Waals surface area contributed by atoms with E-state index in [0.29, 0.717) is 17.9 Å². The lowest BCUT2D eigenvalue weighted by atomic mass is 9.87. The molecular weight excluding hydrogens is 375 g/mol. The van der Waals surface area contributed by atoms with Crippen LogP contribution in [0.4, 0.5) is 0 Å². The zero-order valence-electron chi connectivity index (χ0n) is 13.3. The molecule has 1 rings (SSSR count). The standard InChI is InChI=1S/C17H29IN2O/c1-4-19-17-9-8-16(13-15(17)12-14(2)3)21-11-7-5-6-10-20-18/h4,8-9,13-15,17,19-20H,1,5-7,10-12H2,2-3H3. The Morgan fingerprint density at radius 1 is 1.38 bits per heavy atom. The zero-order valence-corrected chi connectivity index (χ0v) is 15.4. The van der Waals surface area contributed by atoms with Crippen molar-refractivity contribution in [3.63, 3.8) is 0 Å². The van der Waals surface area contributed by atoms with Crippen molar-refractivity contribution < 1.29 is 4.74 Å². The minimum absolute atomic E-state index is 0.340. The second-order valence-corrected chi connectivity index (χ2v) is 6.67. The van der Waals surface area contributed by atoms with Crippen LogP contribution in [-0.4, -0.2) is 19.2 Å². The van der Waals surface area contributed by atoms with E-state index < -0.39 is 0 Å². The summed E-state index contributed by atoms with van der Waals surface area (Å²) in [6, 6.07) is 0.340. The topological polar surface area (TPSA) is 33.3 Å². The number of hydrogen-bond acceptors (Lipinski definition) is 3. The van der Waals surface area contributed by atoms with Crippen molar-refractivity contribution in [1.82, 2.24) is 8.85 Å². The Kier molecular flexibility index (Phi) is 9.83. The molecule has 0 saturated heterocycles. The minimum Gasteiger partial charge on any atom is -0.494 e. The smallest absolute Gasteiger partial charge is 0.115 e. The molecule has 0 amide bonds. The molecule has 3 nitrogen and oxygen atoms in total. The summed E-state index contributed by atoms with van der Waals surface area (Å²) in [5.74, 6) is 2.18. The van der Waals surface area contributed by atoms with Gasteiger partial charge in [0.05, 0.1) is 12.6 Å². The first-order chi connectivity index (χ1) is 10.2. The van der Waals surface area contributed by atoms with Crippen LogP contribution in [0.2, 0.25) is 0 Å². The predicted molar refractivity (Wildman–Crippen MR) is 99.1 cm³/mol. The van der Waals surface area contributed by atoms with Crippen molar-refractivity contribution in [1.29, 1.82) is 0 Å². The quantitative estimate of drug-likeness (QED) is 0.306. The molecule has 0 saturated carbocycles. The Bertz CT molecular complexity index is 353. The van der Waals surface area contributed by atoms with Crippen molar-refractivity contribution in [2.45, 2.75) is 45.6 Å². The first-order valence-corrected chi connectivity index (χ1v) is 8.98. The number of ether oxygens (including phenoxy) is 1. The first-order valence-electron chi connectivity index (χ1n) is 7.90. The Morgan fingerprint density at radius 2 is 2.19 bits per heavy atom. The maximum Gasteiger partial charge on any atom is 0.115 e. The number of nitrogens with one attached hydrogen (secondary N) is 2. The van der Waals surface area contributed by atoms with Gasteiger partial charge in [-0.15, -0.1) is 0 Å². The van der Waals surface area contributed by atoms with E-state index in [-0.39, 0.29) is 0 Å². The lowest BCUT2D eigenvalue weighted by molar-refractivity contribution is 0.210. The lowest BCUT2D eigenvalue weighted by Gasteiger charge is -2.27. The third kappa shape index (κ3) is 7.90. The zero-order chi connectivity index (χ0) is 15.5. The summed E-state index contributed by atoms with van der Waals surface area (Å²) in [7, 11) is 0. The highest BCUT2D eigenvalue weighted by molar-refractivity contribution is 14.1. The van der Waals surface area contributed by atoms with Gasteiger partial charge in [-0.05, 0) is 50.0 Å². The third-order valence-corrected chi connectivity index (χ3v) is 4.09. The van der Waals surface area contributed by atoms with Gasteiger partial charge in [-0.1, -0.05) is 26.5 Å². The van der Waals surface area contributed by atoms with E-state index in [2.05, 4.69) is 70.4 Å². The monoisotopic (exact) mass is 404 g/mol. The van der Waals surface area contributed by atoms with Crippen molar-refractivity contribution in [2.75, 3.05) is 13.2 Å². The average molecular weight is 404 g/mol. The molecule has 0 radical (unpaired) electrons. The Balaban J connectivity index is 2.39. The summed E-state index contributed by atoms with van der Waals surface area (Å²) in [4.78, 5) is 0. The molecule has 0 aromatic carbocycles. The van der Waals surface area contributed by atoms with Crippen LogP contribution < -0.4 is 8.85 Å². The summed E-state index contributed by atoms with van der Waals surface area (Å²) in [5, 5.41) is 3.32. The molecule has 0 fully saturated rings. The average Bonchev–Trinajstić information content (AvgIpc) is 2.45. The van der Waals surface area contributed by atoms with Crippen LogP contribution in [-0.2, 0) is 4.74 Å². The molecule has 0 aromatic heterocycles. The molecular formula is C17H29IN2O. The molecule has 2 N–H and O–H groups in total. The van der Waals surface area contributed by atoms with Crippen LogP contribution in [0.5, 0.6) is 0 Å². The summed E-state index contributed by atoms with van der Waals surface area (Å²) < 4.78 is 9.04. The maximum absolute atomic E-state index is 5.90. The van der Waals surface area contributed by atoms with Crippen molar-refractivity contribution in [3.8, 4) is 0 Å². The maximum atomic E-state index is 5.90. The van der Waals surface area contributed by atoms with Gasteiger partial charge in [-0.2, -0.15) is 0 Å². The van der Waals surface area contributed by atoms with Gasteiger partial charge in [0.15, 0.2) is 0 Å². The van der Waals surface area contributed by atoms with Gasteiger partial charge in [0, 0.05) is 35.3 Å². The molecule has 0 heterocycles.